The van der Waals surface area contributed by atoms with Gasteiger partial charge in [-0.3, -0.25) is 9.59 Å². The summed E-state index contributed by atoms with van der Waals surface area (Å²) < 4.78 is 0. The van der Waals surface area contributed by atoms with E-state index >= 15 is 0 Å². The molecule has 3 aliphatic carbocycles. The van der Waals surface area contributed by atoms with Crippen molar-refractivity contribution in [3.63, 3.8) is 0 Å². The first kappa shape index (κ1) is 21.0. The molecule has 6 rings (SSSR count). The monoisotopic (exact) mass is 447 g/mol. The number of rotatable bonds is 2. The number of nitrogens with one attached hydrogen (secondary N) is 1. The van der Waals surface area contributed by atoms with Crippen molar-refractivity contribution in [3.05, 3.63) is 23.0 Å². The summed E-state index contributed by atoms with van der Waals surface area (Å²) >= 11 is 0. The summed E-state index contributed by atoms with van der Waals surface area (Å²) in [6.07, 6.45) is 11.0. The molecule has 0 aromatic carbocycles. The summed E-state index contributed by atoms with van der Waals surface area (Å²) in [5.74, 6) is 1.49. The number of nitrogens with zero attached hydrogens (tertiary/aromatic N) is 4. The molecule has 0 aromatic rings. The van der Waals surface area contributed by atoms with Gasteiger partial charge in [-0.2, -0.15) is 0 Å². The van der Waals surface area contributed by atoms with E-state index in [0.717, 1.165) is 12.8 Å². The van der Waals surface area contributed by atoms with Crippen molar-refractivity contribution < 1.29 is 9.59 Å². The number of ketones is 2. The molecule has 0 aromatic heterocycles. The van der Waals surface area contributed by atoms with Crippen molar-refractivity contribution in [2.24, 2.45) is 43.6 Å². The average Bonchev–Trinajstić information content (AvgIpc) is 3.22. The van der Waals surface area contributed by atoms with Crippen molar-refractivity contribution in [1.29, 1.82) is 0 Å². The van der Waals surface area contributed by atoms with Gasteiger partial charge < -0.3 is 10.2 Å². The van der Waals surface area contributed by atoms with Crippen molar-refractivity contribution in [1.82, 2.24) is 10.2 Å². The molecule has 3 aliphatic heterocycles. The van der Waals surface area contributed by atoms with E-state index in [-0.39, 0.29) is 46.9 Å². The van der Waals surface area contributed by atoms with Gasteiger partial charge >= 0.3 is 0 Å². The van der Waals surface area contributed by atoms with Gasteiger partial charge in [0.2, 0.25) is 0 Å². The minimum Gasteiger partial charge on any atom is -0.337 e. The Hall–Kier alpha value is -2.57. The van der Waals surface area contributed by atoms with Gasteiger partial charge in [-0.25, -0.2) is 15.0 Å². The van der Waals surface area contributed by atoms with Crippen LogP contribution in [0.15, 0.2) is 38.0 Å². The summed E-state index contributed by atoms with van der Waals surface area (Å²) in [4.78, 5) is 42.2. The van der Waals surface area contributed by atoms with E-state index in [9.17, 15) is 9.59 Å². The minimum absolute atomic E-state index is 0.00431. The second-order valence-electron chi connectivity index (χ2n) is 11.4. The van der Waals surface area contributed by atoms with Crippen LogP contribution in [-0.2, 0) is 9.59 Å². The standard InChI is InChI=1S/C26H33N5O2/c1-14-6-5-7-18-25(14,3)9-8-15(2)26(18,4)11-16-10-17(32)19-20(22(16)33)31-13-29-23-21(31)24(30-19)28-12-27-23/h6,12-13,15-16,18,21,23H,5,7-11H2,1-4H3,(H,27,28,30)/t15-,16?,18+,21?,23?,25+,26+/m0/s1. The van der Waals surface area contributed by atoms with E-state index in [4.69, 9.17) is 0 Å². The van der Waals surface area contributed by atoms with Gasteiger partial charge in [0, 0.05) is 12.3 Å². The van der Waals surface area contributed by atoms with E-state index in [1.165, 1.54) is 31.2 Å². The highest BCUT2D eigenvalue weighted by Crippen LogP contribution is 2.62. The third-order valence-electron chi connectivity index (χ3n) is 9.97. The van der Waals surface area contributed by atoms with Crippen molar-refractivity contribution in [2.45, 2.75) is 78.4 Å². The lowest BCUT2D eigenvalue weighted by atomic mass is 9.46. The molecule has 7 atom stereocenters. The van der Waals surface area contributed by atoms with Gasteiger partial charge in [0.15, 0.2) is 17.7 Å². The number of fused-ring (bicyclic) bond motifs is 2. The number of carbonyl (C=O) groups excluding carboxylic acids is 2. The van der Waals surface area contributed by atoms with Crippen LogP contribution >= 0.6 is 0 Å². The molecule has 3 unspecified atom stereocenters. The van der Waals surface area contributed by atoms with E-state index in [2.05, 4.69) is 54.1 Å². The SMILES string of the molecule is CC1=CCC[C@H]2[C@](C)(CC3CC(=O)C4=C(C3=O)N3C=NC5N=CN=C(N4)C53)[C@@H](C)CC[C@]12C. The molecule has 33 heavy (non-hydrogen) atoms. The minimum atomic E-state index is -0.309. The van der Waals surface area contributed by atoms with Crippen LogP contribution in [0.2, 0.25) is 0 Å². The molecular formula is C26H33N5O2. The van der Waals surface area contributed by atoms with Crippen LogP contribution in [0, 0.1) is 28.6 Å². The number of aliphatic imine (C=N–C) groups is 3. The highest BCUT2D eigenvalue weighted by atomic mass is 16.1. The van der Waals surface area contributed by atoms with Crippen LogP contribution in [0.25, 0.3) is 0 Å². The zero-order valence-corrected chi connectivity index (χ0v) is 20.0. The fraction of sp³-hybridized carbons (Fsp3) is 0.654. The maximum Gasteiger partial charge on any atom is 0.185 e. The number of hydrogen-bond acceptors (Lipinski definition) is 7. The molecule has 3 heterocycles. The van der Waals surface area contributed by atoms with Crippen molar-refractivity contribution in [2.75, 3.05) is 0 Å². The fourth-order valence-corrected chi connectivity index (χ4v) is 7.70. The molecule has 7 nitrogen and oxygen atoms in total. The van der Waals surface area contributed by atoms with Gasteiger partial charge in [-0.1, -0.05) is 32.4 Å². The summed E-state index contributed by atoms with van der Waals surface area (Å²) in [6, 6.07) is -0.247. The Labute approximate surface area is 195 Å². The van der Waals surface area contributed by atoms with Crippen LogP contribution in [0.4, 0.5) is 0 Å². The van der Waals surface area contributed by atoms with Gasteiger partial charge in [-0.15, -0.1) is 0 Å². The number of allylic oxidation sites excluding steroid dienone is 4. The highest BCUT2D eigenvalue weighted by molar-refractivity contribution is 6.18. The first-order valence-electron chi connectivity index (χ1n) is 12.4. The first-order chi connectivity index (χ1) is 15.7. The zero-order chi connectivity index (χ0) is 23.1. The van der Waals surface area contributed by atoms with E-state index < -0.39 is 0 Å². The number of carbonyl (C=O) groups is 2. The van der Waals surface area contributed by atoms with Crippen LogP contribution in [0.3, 0.4) is 0 Å². The Bertz CT molecular complexity index is 1100. The molecular weight excluding hydrogens is 414 g/mol. The quantitative estimate of drug-likeness (QED) is 0.655. The largest absolute Gasteiger partial charge is 0.337 e. The van der Waals surface area contributed by atoms with E-state index in [1.54, 1.807) is 6.34 Å². The topological polar surface area (TPSA) is 86.5 Å². The Morgan fingerprint density at radius 2 is 2.03 bits per heavy atom. The highest BCUT2D eigenvalue weighted by Gasteiger charge is 2.56. The van der Waals surface area contributed by atoms with Crippen molar-refractivity contribution in [3.8, 4) is 0 Å². The molecule has 7 heteroatoms. The second kappa shape index (κ2) is 6.97. The summed E-state index contributed by atoms with van der Waals surface area (Å²) in [5.41, 5.74) is 2.58. The van der Waals surface area contributed by atoms with Crippen LogP contribution in [-0.4, -0.2) is 47.2 Å². The lowest BCUT2D eigenvalue weighted by molar-refractivity contribution is -0.131. The summed E-state index contributed by atoms with van der Waals surface area (Å²) in [6.45, 7) is 9.47. The maximum atomic E-state index is 14.0. The third kappa shape index (κ3) is 2.77. The molecule has 0 saturated heterocycles. The lowest BCUT2D eigenvalue weighted by Gasteiger charge is -2.58. The van der Waals surface area contributed by atoms with E-state index in [0.29, 0.717) is 29.1 Å². The van der Waals surface area contributed by atoms with Gasteiger partial charge in [0.05, 0.1) is 6.34 Å². The summed E-state index contributed by atoms with van der Waals surface area (Å²) in [7, 11) is 0. The molecule has 1 fully saturated rings. The third-order valence-corrected chi connectivity index (χ3v) is 9.97. The molecule has 174 valence electrons. The number of Topliss-reactive ketones (excluding diaryl/α,β-unsaturated/α-hetero) is 2. The predicted octanol–water partition coefficient (Wildman–Crippen LogP) is 3.63. The Kier molecular flexibility index (Phi) is 4.43. The van der Waals surface area contributed by atoms with Crippen LogP contribution in [0.1, 0.15) is 66.2 Å². The Morgan fingerprint density at radius 3 is 2.85 bits per heavy atom. The molecule has 0 radical (unpaired) electrons. The lowest BCUT2D eigenvalue weighted by Crippen LogP contribution is -2.58. The molecule has 1 N–H and O–H groups in total. The normalized spacial score (nSPS) is 43.5. The Balaban J connectivity index is 1.34. The van der Waals surface area contributed by atoms with E-state index in [1.807, 2.05) is 4.90 Å². The molecule has 0 spiro atoms. The molecule has 0 bridgehead atoms. The number of amidine groups is 1. The second-order valence-corrected chi connectivity index (χ2v) is 11.4. The predicted molar refractivity (Wildman–Crippen MR) is 128 cm³/mol. The molecule has 0 amide bonds. The first-order valence-corrected chi connectivity index (χ1v) is 12.4. The number of hydrogen-bond donors (Lipinski definition) is 1. The fourth-order valence-electron chi connectivity index (χ4n) is 7.70. The van der Waals surface area contributed by atoms with Gasteiger partial charge in [-0.05, 0) is 61.7 Å². The van der Waals surface area contributed by atoms with Crippen LogP contribution < -0.4 is 5.32 Å². The Morgan fingerprint density at radius 1 is 1.21 bits per heavy atom. The van der Waals surface area contributed by atoms with Gasteiger partial charge in [0.25, 0.3) is 0 Å². The average molecular weight is 448 g/mol. The van der Waals surface area contributed by atoms with Crippen molar-refractivity contribution >= 4 is 30.1 Å². The van der Waals surface area contributed by atoms with Crippen LogP contribution in [0.5, 0.6) is 0 Å². The molecule has 6 aliphatic rings. The smallest absolute Gasteiger partial charge is 0.185 e. The maximum absolute atomic E-state index is 14.0. The zero-order valence-electron chi connectivity index (χ0n) is 20.0. The summed E-state index contributed by atoms with van der Waals surface area (Å²) in [5, 5.41) is 3.18. The molecule has 1 saturated carbocycles. The van der Waals surface area contributed by atoms with Gasteiger partial charge in [0.1, 0.15) is 29.6 Å².